The average Bonchev–Trinajstić information content (AvgIpc) is 3.79. The molecule has 0 radical (unpaired) electrons. The van der Waals surface area contributed by atoms with E-state index in [9.17, 15) is 0 Å². The van der Waals surface area contributed by atoms with Crippen molar-refractivity contribution in [1.82, 2.24) is 19.9 Å². The molecule has 0 saturated heterocycles. The number of aryl methyl sites for hydroxylation is 1. The van der Waals surface area contributed by atoms with Crippen molar-refractivity contribution in [1.29, 1.82) is 0 Å². The van der Waals surface area contributed by atoms with Crippen LogP contribution in [0.1, 0.15) is 17.5 Å². The second kappa shape index (κ2) is 11.3. The first-order chi connectivity index (χ1) is 25.8. The summed E-state index contributed by atoms with van der Waals surface area (Å²) in [5.74, 6) is 1.83. The van der Waals surface area contributed by atoms with Crippen molar-refractivity contribution < 1.29 is 8.83 Å². The van der Waals surface area contributed by atoms with Crippen LogP contribution >= 0.6 is 0 Å². The third kappa shape index (κ3) is 4.44. The number of furan rings is 2. The lowest BCUT2D eigenvalue weighted by Gasteiger charge is -2.14. The normalized spacial score (nSPS) is 12.8. The first-order valence-corrected chi connectivity index (χ1v) is 17.5. The molecule has 244 valence electrons. The molecule has 0 saturated carbocycles. The van der Waals surface area contributed by atoms with Gasteiger partial charge in [0.05, 0.1) is 5.39 Å². The predicted molar refractivity (Wildman–Crippen MR) is 209 cm³/mol. The quantitative estimate of drug-likeness (QED) is 0.186. The molecule has 0 spiro atoms. The zero-order valence-electron chi connectivity index (χ0n) is 27.9. The third-order valence-corrected chi connectivity index (χ3v) is 10.3. The van der Waals surface area contributed by atoms with Gasteiger partial charge in [0.15, 0.2) is 23.1 Å². The van der Waals surface area contributed by atoms with Gasteiger partial charge in [-0.2, -0.15) is 0 Å². The van der Waals surface area contributed by atoms with Crippen molar-refractivity contribution >= 4 is 60.9 Å². The van der Waals surface area contributed by atoms with Crippen LogP contribution in [-0.2, 0) is 6.42 Å². The summed E-state index contributed by atoms with van der Waals surface area (Å²) in [6.45, 7) is 0. The highest BCUT2D eigenvalue weighted by atomic mass is 16.3. The Morgan fingerprint density at radius 1 is 0.481 bits per heavy atom. The monoisotopic (exact) mass is 668 g/mol. The first-order valence-electron chi connectivity index (χ1n) is 17.5. The highest BCUT2D eigenvalue weighted by Gasteiger charge is 2.21. The number of nitrogens with zero attached hydrogens (tertiary/aromatic N) is 4. The van der Waals surface area contributed by atoms with Gasteiger partial charge in [-0.25, -0.2) is 15.0 Å². The summed E-state index contributed by atoms with van der Waals surface area (Å²) in [5, 5.41) is 5.15. The molecule has 4 heterocycles. The van der Waals surface area contributed by atoms with Gasteiger partial charge in [0.2, 0.25) is 0 Å². The van der Waals surface area contributed by atoms with Crippen LogP contribution in [-0.4, -0.2) is 19.9 Å². The summed E-state index contributed by atoms with van der Waals surface area (Å²) in [4.78, 5) is 20.4. The van der Waals surface area contributed by atoms with Crippen LogP contribution < -0.4 is 0 Å². The van der Waals surface area contributed by atoms with E-state index < -0.39 is 0 Å². The second-order valence-electron chi connectivity index (χ2n) is 13.3. The molecule has 6 nitrogen and oxygen atoms in total. The van der Waals surface area contributed by atoms with E-state index in [-0.39, 0.29) is 0 Å². The molecule has 0 bridgehead atoms. The van der Waals surface area contributed by atoms with Crippen LogP contribution in [0.4, 0.5) is 0 Å². The number of aromatic nitrogens is 4. The second-order valence-corrected chi connectivity index (χ2v) is 13.3. The SMILES string of the molecule is C1=Cc2cc(-c3nc(-c4cccc5c(-c6cccc7oc8cccnc8c67)cccc45)nc(-c4cccc5oc6ccccc6c45)n3)ccc2CC1. The third-order valence-electron chi connectivity index (χ3n) is 10.3. The van der Waals surface area contributed by atoms with E-state index in [1.807, 2.05) is 60.8 Å². The summed E-state index contributed by atoms with van der Waals surface area (Å²) in [5.41, 5.74) is 11.5. The van der Waals surface area contributed by atoms with Crippen molar-refractivity contribution in [2.75, 3.05) is 0 Å². The Morgan fingerprint density at radius 2 is 1.13 bits per heavy atom. The van der Waals surface area contributed by atoms with E-state index >= 15 is 0 Å². The molecule has 10 aromatic rings. The van der Waals surface area contributed by atoms with Crippen molar-refractivity contribution in [2.45, 2.75) is 12.8 Å². The van der Waals surface area contributed by atoms with E-state index in [4.69, 9.17) is 28.8 Å². The number of allylic oxidation sites excluding steroid dienone is 1. The van der Waals surface area contributed by atoms with Gasteiger partial charge in [-0.15, -0.1) is 0 Å². The van der Waals surface area contributed by atoms with Crippen LogP contribution in [0.2, 0.25) is 0 Å². The Bertz CT molecular complexity index is 3100. The number of para-hydroxylation sites is 1. The summed E-state index contributed by atoms with van der Waals surface area (Å²) in [6, 6.07) is 43.6. The molecule has 0 fully saturated rings. The highest BCUT2D eigenvalue weighted by molar-refractivity contribution is 6.15. The van der Waals surface area contributed by atoms with E-state index in [0.29, 0.717) is 17.5 Å². The number of fused-ring (bicyclic) bond motifs is 8. The van der Waals surface area contributed by atoms with Crippen molar-refractivity contribution in [3.8, 4) is 45.3 Å². The zero-order valence-corrected chi connectivity index (χ0v) is 27.9. The minimum absolute atomic E-state index is 0.597. The molecule has 0 N–H and O–H groups in total. The number of hydrogen-bond donors (Lipinski definition) is 0. The predicted octanol–water partition coefficient (Wildman–Crippen LogP) is 11.8. The van der Waals surface area contributed by atoms with Gasteiger partial charge in [0.25, 0.3) is 0 Å². The van der Waals surface area contributed by atoms with Crippen molar-refractivity contribution in [3.05, 3.63) is 151 Å². The van der Waals surface area contributed by atoms with Gasteiger partial charge in [-0.3, -0.25) is 4.98 Å². The fourth-order valence-corrected chi connectivity index (χ4v) is 7.88. The largest absolute Gasteiger partial charge is 0.456 e. The maximum Gasteiger partial charge on any atom is 0.164 e. The molecule has 6 aromatic carbocycles. The summed E-state index contributed by atoms with van der Waals surface area (Å²) < 4.78 is 12.5. The molecule has 6 heteroatoms. The minimum atomic E-state index is 0.597. The molecular weight excluding hydrogens is 641 g/mol. The standard InChI is InChI=1S/C46H28N4O2/c1-2-11-28-26-29(24-23-27(28)10-1)44-48-45(50-46(49-44)36-18-8-20-38-41(36)35-12-3-4-19-37(35)51-38)34-17-6-13-30-31(14-5-15-32(30)34)33-16-7-21-39-42(33)43-40(52-39)22-9-25-47-43/h2-9,11-26H,1,10H2. The minimum Gasteiger partial charge on any atom is -0.456 e. The Morgan fingerprint density at radius 3 is 2.04 bits per heavy atom. The molecule has 11 rings (SSSR count). The fourth-order valence-electron chi connectivity index (χ4n) is 7.88. The van der Waals surface area contributed by atoms with Crippen LogP contribution in [0.5, 0.6) is 0 Å². The van der Waals surface area contributed by atoms with E-state index in [1.54, 1.807) is 0 Å². The Balaban J connectivity index is 1.16. The number of hydrogen-bond acceptors (Lipinski definition) is 6. The molecule has 1 aliphatic rings. The lowest BCUT2D eigenvalue weighted by Crippen LogP contribution is -2.02. The smallest absolute Gasteiger partial charge is 0.164 e. The molecule has 52 heavy (non-hydrogen) atoms. The van der Waals surface area contributed by atoms with Gasteiger partial charge in [-0.1, -0.05) is 103 Å². The maximum atomic E-state index is 6.28. The van der Waals surface area contributed by atoms with Crippen LogP contribution in [0.3, 0.4) is 0 Å². The van der Waals surface area contributed by atoms with E-state index in [1.165, 1.54) is 11.1 Å². The van der Waals surface area contributed by atoms with Crippen LogP contribution in [0.25, 0.3) is 106 Å². The Hall–Kier alpha value is -6.92. The number of pyridine rings is 1. The molecular formula is C46H28N4O2. The van der Waals surface area contributed by atoms with Gasteiger partial charge in [0.1, 0.15) is 22.3 Å². The van der Waals surface area contributed by atoms with Crippen molar-refractivity contribution in [2.24, 2.45) is 0 Å². The molecule has 0 amide bonds. The lowest BCUT2D eigenvalue weighted by molar-refractivity contribution is 0.668. The summed E-state index contributed by atoms with van der Waals surface area (Å²) >= 11 is 0. The first kappa shape index (κ1) is 28.9. The topological polar surface area (TPSA) is 77.8 Å². The highest BCUT2D eigenvalue weighted by Crippen LogP contribution is 2.41. The lowest BCUT2D eigenvalue weighted by atomic mass is 9.93. The van der Waals surface area contributed by atoms with Crippen LogP contribution in [0.15, 0.2) is 149 Å². The summed E-state index contributed by atoms with van der Waals surface area (Å²) in [6.07, 6.45) is 8.34. The molecule has 0 aliphatic heterocycles. The number of rotatable bonds is 4. The zero-order chi connectivity index (χ0) is 34.2. The molecule has 4 aromatic heterocycles. The average molecular weight is 669 g/mol. The Kier molecular flexibility index (Phi) is 6.28. The maximum absolute atomic E-state index is 6.28. The fraction of sp³-hybridized carbons (Fsp3) is 0.0435. The van der Waals surface area contributed by atoms with Gasteiger partial charge in [-0.05, 0) is 82.3 Å². The molecule has 0 atom stereocenters. The number of benzene rings is 6. The summed E-state index contributed by atoms with van der Waals surface area (Å²) in [7, 11) is 0. The van der Waals surface area contributed by atoms with Gasteiger partial charge < -0.3 is 8.83 Å². The van der Waals surface area contributed by atoms with Crippen LogP contribution in [0, 0.1) is 0 Å². The molecule has 1 aliphatic carbocycles. The van der Waals surface area contributed by atoms with E-state index in [2.05, 4.69) is 84.9 Å². The van der Waals surface area contributed by atoms with Gasteiger partial charge >= 0.3 is 0 Å². The van der Waals surface area contributed by atoms with Crippen molar-refractivity contribution in [3.63, 3.8) is 0 Å². The van der Waals surface area contributed by atoms with E-state index in [0.717, 1.165) is 95.4 Å². The Labute approximate surface area is 297 Å². The van der Waals surface area contributed by atoms with Gasteiger partial charge in [0, 0.05) is 33.7 Å². The molecule has 0 unspecified atom stereocenters.